The highest BCUT2D eigenvalue weighted by molar-refractivity contribution is 6.07. The van der Waals surface area contributed by atoms with Crippen LogP contribution in [-0.2, 0) is 16.9 Å². The molecule has 1 aliphatic heterocycles. The number of quaternary nitrogens is 1. The summed E-state index contributed by atoms with van der Waals surface area (Å²) in [4.78, 5) is 28.4. The number of urea groups is 1. The van der Waals surface area contributed by atoms with E-state index in [1.54, 1.807) is 7.11 Å². The van der Waals surface area contributed by atoms with Gasteiger partial charge in [-0.25, -0.2) is 9.69 Å². The zero-order chi connectivity index (χ0) is 22.0. The zero-order valence-corrected chi connectivity index (χ0v) is 18.1. The molecule has 3 aromatic carbocycles. The van der Waals surface area contributed by atoms with Crippen LogP contribution in [0.3, 0.4) is 0 Å². The lowest BCUT2D eigenvalue weighted by molar-refractivity contribution is -0.901. The van der Waals surface area contributed by atoms with Crippen molar-refractivity contribution in [2.24, 2.45) is 0 Å². The first-order valence-electron chi connectivity index (χ1n) is 10.5. The van der Waals surface area contributed by atoms with E-state index in [0.717, 1.165) is 32.5 Å². The van der Waals surface area contributed by atoms with Gasteiger partial charge in [-0.2, -0.15) is 0 Å². The average Bonchev–Trinajstić information content (AvgIpc) is 3.04. The number of carbonyl (C=O) groups excluding carboxylic acids is 2. The van der Waals surface area contributed by atoms with Crippen LogP contribution in [0.25, 0.3) is 10.8 Å². The summed E-state index contributed by atoms with van der Waals surface area (Å²) in [5.74, 6) is 0.649. The summed E-state index contributed by atoms with van der Waals surface area (Å²) in [5.41, 5.74) is 0.980. The first-order chi connectivity index (χ1) is 15.0. The zero-order valence-electron chi connectivity index (χ0n) is 18.1. The molecule has 0 spiro atoms. The minimum atomic E-state index is -0.985. The molecular weight excluding hydrogens is 390 g/mol. The number of carbonyl (C=O) groups is 2. The maximum absolute atomic E-state index is 13.3. The van der Waals surface area contributed by atoms with Gasteiger partial charge < -0.3 is 15.0 Å². The van der Waals surface area contributed by atoms with Crippen molar-refractivity contribution >= 4 is 22.7 Å². The summed E-state index contributed by atoms with van der Waals surface area (Å²) in [5, 5.41) is 5.20. The Morgan fingerprint density at radius 2 is 1.71 bits per heavy atom. The molecule has 0 radical (unpaired) electrons. The number of nitrogens with one attached hydrogen (secondary N) is 2. The van der Waals surface area contributed by atoms with Gasteiger partial charge in [-0.15, -0.1) is 0 Å². The number of amides is 3. The molecule has 2 atom stereocenters. The maximum atomic E-state index is 13.3. The molecule has 3 amide bonds. The summed E-state index contributed by atoms with van der Waals surface area (Å²) in [6, 6.07) is 21.4. The van der Waals surface area contributed by atoms with Gasteiger partial charge in [0.05, 0.1) is 14.2 Å². The third-order valence-corrected chi connectivity index (χ3v) is 6.02. The molecule has 160 valence electrons. The second-order valence-electron chi connectivity index (χ2n) is 8.13. The number of methoxy groups -OCH3 is 1. The number of ether oxygens (including phenoxy) is 1. The Bertz CT molecular complexity index is 1120. The molecule has 0 aromatic heterocycles. The lowest BCUT2D eigenvalue weighted by atomic mass is 9.87. The Morgan fingerprint density at radius 1 is 1.00 bits per heavy atom. The minimum Gasteiger partial charge on any atom is -0.497 e. The van der Waals surface area contributed by atoms with Crippen molar-refractivity contribution in [2.75, 3.05) is 20.8 Å². The summed E-state index contributed by atoms with van der Waals surface area (Å²) in [6.07, 6.45) is 0.505. The molecule has 2 N–H and O–H groups in total. The summed E-state index contributed by atoms with van der Waals surface area (Å²) in [7, 11) is 3.65. The van der Waals surface area contributed by atoms with E-state index in [0.29, 0.717) is 19.6 Å². The molecule has 0 aliphatic carbocycles. The topological polar surface area (TPSA) is 63.1 Å². The van der Waals surface area contributed by atoms with Crippen LogP contribution in [0.5, 0.6) is 5.75 Å². The second kappa shape index (κ2) is 8.40. The van der Waals surface area contributed by atoms with Gasteiger partial charge >= 0.3 is 6.03 Å². The van der Waals surface area contributed by atoms with E-state index in [-0.39, 0.29) is 11.9 Å². The van der Waals surface area contributed by atoms with Gasteiger partial charge in [0.2, 0.25) is 0 Å². The Labute approximate surface area is 182 Å². The van der Waals surface area contributed by atoms with E-state index in [9.17, 15) is 9.59 Å². The van der Waals surface area contributed by atoms with Gasteiger partial charge in [0.1, 0.15) is 17.8 Å². The lowest BCUT2D eigenvalue weighted by Gasteiger charge is -2.26. The molecule has 1 fully saturated rings. The largest absolute Gasteiger partial charge is 0.497 e. The smallest absolute Gasteiger partial charge is 0.329 e. The van der Waals surface area contributed by atoms with Crippen LogP contribution in [-0.4, -0.2) is 37.7 Å². The molecule has 1 heterocycles. The Morgan fingerprint density at radius 3 is 2.42 bits per heavy atom. The van der Waals surface area contributed by atoms with Gasteiger partial charge in [0.25, 0.3) is 5.91 Å². The monoisotopic (exact) mass is 418 g/mol. The predicted octanol–water partition coefficient (Wildman–Crippen LogP) is 2.68. The molecule has 0 saturated carbocycles. The van der Waals surface area contributed by atoms with Gasteiger partial charge in [0, 0.05) is 5.56 Å². The van der Waals surface area contributed by atoms with Crippen LogP contribution in [0.4, 0.5) is 4.79 Å². The van der Waals surface area contributed by atoms with Crippen LogP contribution in [0.1, 0.15) is 24.5 Å². The highest BCUT2D eigenvalue weighted by Crippen LogP contribution is 2.31. The Hall–Kier alpha value is -3.38. The molecule has 0 bridgehead atoms. The number of hydrogen-bond donors (Lipinski definition) is 2. The fourth-order valence-electron chi connectivity index (χ4n) is 4.32. The van der Waals surface area contributed by atoms with Crippen molar-refractivity contribution in [3.63, 3.8) is 0 Å². The van der Waals surface area contributed by atoms with Crippen LogP contribution in [0, 0.1) is 0 Å². The molecule has 31 heavy (non-hydrogen) atoms. The normalized spacial score (nSPS) is 19.5. The third kappa shape index (κ3) is 3.86. The summed E-state index contributed by atoms with van der Waals surface area (Å²) < 4.78 is 5.29. The highest BCUT2D eigenvalue weighted by atomic mass is 16.5. The molecule has 3 aromatic rings. The van der Waals surface area contributed by atoms with Crippen LogP contribution < -0.4 is 15.0 Å². The summed E-state index contributed by atoms with van der Waals surface area (Å²) in [6.45, 7) is 2.93. The van der Waals surface area contributed by atoms with Crippen molar-refractivity contribution in [2.45, 2.75) is 25.4 Å². The number of fused-ring (bicyclic) bond motifs is 1. The predicted molar refractivity (Wildman–Crippen MR) is 120 cm³/mol. The average molecular weight is 419 g/mol. The van der Waals surface area contributed by atoms with Crippen molar-refractivity contribution in [1.82, 2.24) is 10.2 Å². The molecular formula is C25H28N3O3+. The molecule has 1 unspecified atom stereocenters. The first-order valence-corrected chi connectivity index (χ1v) is 10.5. The fraction of sp³-hybridized carbons (Fsp3) is 0.280. The van der Waals surface area contributed by atoms with Crippen molar-refractivity contribution in [3.8, 4) is 5.75 Å². The number of hydrogen-bond acceptors (Lipinski definition) is 3. The maximum Gasteiger partial charge on any atom is 0.329 e. The van der Waals surface area contributed by atoms with Gasteiger partial charge in [0.15, 0.2) is 6.67 Å². The minimum absolute atomic E-state index is 0.184. The third-order valence-electron chi connectivity index (χ3n) is 6.02. The van der Waals surface area contributed by atoms with Crippen molar-refractivity contribution < 1.29 is 19.2 Å². The van der Waals surface area contributed by atoms with E-state index in [2.05, 4.69) is 23.5 Å². The number of rotatable bonds is 7. The van der Waals surface area contributed by atoms with Crippen LogP contribution in [0.2, 0.25) is 0 Å². The molecule has 1 saturated heterocycles. The number of benzene rings is 3. The van der Waals surface area contributed by atoms with E-state index in [1.807, 2.05) is 62.5 Å². The van der Waals surface area contributed by atoms with E-state index in [1.165, 1.54) is 4.90 Å². The Kier molecular flexibility index (Phi) is 5.65. The fourth-order valence-corrected chi connectivity index (χ4v) is 4.32. The van der Waals surface area contributed by atoms with E-state index >= 15 is 0 Å². The number of imide groups is 1. The van der Waals surface area contributed by atoms with Gasteiger partial charge in [-0.1, -0.05) is 55.5 Å². The summed E-state index contributed by atoms with van der Waals surface area (Å²) >= 11 is 0. The SMILES string of the molecule is CC[C@]1(c2ccccc2)NC(=O)N(C[NH+](C)Cc2ccc3cc(OC)ccc3c2)C1=O. The second-order valence-corrected chi connectivity index (χ2v) is 8.13. The van der Waals surface area contributed by atoms with Gasteiger partial charge in [-0.3, -0.25) is 4.79 Å². The van der Waals surface area contributed by atoms with E-state index < -0.39 is 5.54 Å². The molecule has 6 heteroatoms. The Balaban J connectivity index is 1.49. The molecule has 4 rings (SSSR count). The molecule has 6 nitrogen and oxygen atoms in total. The van der Waals surface area contributed by atoms with Crippen LogP contribution >= 0.6 is 0 Å². The standard InChI is InChI=1S/C25H27N3O3/c1-4-25(21-8-6-5-7-9-21)23(29)28(24(30)26-25)17-27(2)16-18-10-11-20-15-22(31-3)13-12-19(20)14-18/h5-15H,4,16-17H2,1-3H3,(H,26,30)/p+1/t25-/m1/s1. The quantitative estimate of drug-likeness (QED) is 0.580. The van der Waals surface area contributed by atoms with Crippen molar-refractivity contribution in [3.05, 3.63) is 77.9 Å². The van der Waals surface area contributed by atoms with Gasteiger partial charge in [-0.05, 0) is 41.0 Å². The number of nitrogens with zero attached hydrogens (tertiary/aromatic N) is 1. The lowest BCUT2D eigenvalue weighted by Crippen LogP contribution is -3.09. The van der Waals surface area contributed by atoms with E-state index in [4.69, 9.17) is 4.74 Å². The molecule has 1 aliphatic rings. The highest BCUT2D eigenvalue weighted by Gasteiger charge is 2.52. The van der Waals surface area contributed by atoms with Crippen LogP contribution in [0.15, 0.2) is 66.7 Å². The van der Waals surface area contributed by atoms with Crippen molar-refractivity contribution in [1.29, 1.82) is 0 Å². The first kappa shape index (κ1) is 20.9.